The molecule has 0 aromatic heterocycles. The van der Waals surface area contributed by atoms with E-state index in [1.54, 1.807) is 0 Å². The number of hydrogen-bond donors (Lipinski definition) is 3. The van der Waals surface area contributed by atoms with Gasteiger partial charge >= 0.3 is 5.97 Å². The van der Waals surface area contributed by atoms with Crippen LogP contribution in [0.15, 0.2) is 0 Å². The van der Waals surface area contributed by atoms with Crippen molar-refractivity contribution in [3.63, 3.8) is 0 Å². The molecule has 0 amide bonds. The lowest BCUT2D eigenvalue weighted by atomic mass is 9.76. The molecule has 3 atom stereocenters. The molecule has 0 saturated heterocycles. The molecular formula is C42H82O5. The first kappa shape index (κ1) is 44.4. The molecule has 0 aliphatic heterocycles. The van der Waals surface area contributed by atoms with Gasteiger partial charge in [-0.05, 0) is 70.6 Å². The van der Waals surface area contributed by atoms with E-state index in [9.17, 15) is 20.1 Å². The highest BCUT2D eigenvalue weighted by molar-refractivity contribution is 5.69. The second-order valence-corrected chi connectivity index (χ2v) is 15.5. The summed E-state index contributed by atoms with van der Waals surface area (Å²) in [5.41, 5.74) is 0. The average molecular weight is 667 g/mol. The van der Waals surface area contributed by atoms with Crippen molar-refractivity contribution in [2.24, 2.45) is 11.8 Å². The topological polar surface area (TPSA) is 87.0 Å². The van der Waals surface area contributed by atoms with Gasteiger partial charge in [-0.2, -0.15) is 0 Å². The second kappa shape index (κ2) is 32.5. The highest BCUT2D eigenvalue weighted by Gasteiger charge is 2.26. The van der Waals surface area contributed by atoms with Crippen LogP contribution in [0.5, 0.6) is 0 Å². The average Bonchev–Trinajstić information content (AvgIpc) is 3.05. The third-order valence-electron chi connectivity index (χ3n) is 10.9. The van der Waals surface area contributed by atoms with Gasteiger partial charge in [-0.25, -0.2) is 0 Å². The van der Waals surface area contributed by atoms with Crippen LogP contribution in [0.1, 0.15) is 226 Å². The Morgan fingerprint density at radius 2 is 0.957 bits per heavy atom. The smallest absolute Gasteiger partial charge is 0.305 e. The van der Waals surface area contributed by atoms with Gasteiger partial charge in [-0.15, -0.1) is 0 Å². The van der Waals surface area contributed by atoms with E-state index in [2.05, 4.69) is 0 Å². The van der Waals surface area contributed by atoms with Crippen molar-refractivity contribution >= 4 is 5.97 Å². The lowest BCUT2D eigenvalue weighted by Crippen LogP contribution is -2.25. The van der Waals surface area contributed by atoms with E-state index in [1.165, 1.54) is 154 Å². The molecule has 1 rings (SSSR count). The summed E-state index contributed by atoms with van der Waals surface area (Å²) >= 11 is 0. The van der Waals surface area contributed by atoms with Gasteiger partial charge in [0, 0.05) is 6.42 Å². The number of carbonyl (C=O) groups is 1. The van der Waals surface area contributed by atoms with Crippen LogP contribution in [0.2, 0.25) is 0 Å². The summed E-state index contributed by atoms with van der Waals surface area (Å²) in [7, 11) is 0. The van der Waals surface area contributed by atoms with Crippen LogP contribution in [-0.4, -0.2) is 46.2 Å². The van der Waals surface area contributed by atoms with Crippen LogP contribution >= 0.6 is 0 Å². The van der Waals surface area contributed by atoms with Gasteiger partial charge in [-0.3, -0.25) is 4.79 Å². The zero-order valence-corrected chi connectivity index (χ0v) is 31.6. The largest absolute Gasteiger partial charge is 0.466 e. The first-order valence-electron chi connectivity index (χ1n) is 21.1. The van der Waals surface area contributed by atoms with Crippen LogP contribution < -0.4 is 0 Å². The van der Waals surface area contributed by atoms with E-state index in [1.807, 2.05) is 13.8 Å². The summed E-state index contributed by atoms with van der Waals surface area (Å²) in [5.74, 6) is 1.31. The van der Waals surface area contributed by atoms with Crippen LogP contribution in [0.25, 0.3) is 0 Å². The standard InChI is InChI=1S/C42H82O5/c1-3-47-42(46)32-24-20-15-13-11-9-7-5-4-6-8-10-12-14-18-22-29-40(44)30-26-25-28-38-33-35-39(36-34-38)41(45)31-23-19-16-17-21-27-37(2)43/h37-41,43-45H,3-36H2,1-2H3. The fraction of sp³-hybridized carbons (Fsp3) is 0.976. The van der Waals surface area contributed by atoms with E-state index in [-0.39, 0.29) is 24.3 Å². The molecule has 5 nitrogen and oxygen atoms in total. The van der Waals surface area contributed by atoms with Gasteiger partial charge in [0.15, 0.2) is 0 Å². The lowest BCUT2D eigenvalue weighted by molar-refractivity contribution is -0.143. The summed E-state index contributed by atoms with van der Waals surface area (Å²) in [4.78, 5) is 11.3. The maximum absolute atomic E-state index is 11.3. The van der Waals surface area contributed by atoms with Gasteiger partial charge in [0.05, 0.1) is 24.9 Å². The molecule has 0 aromatic carbocycles. The zero-order chi connectivity index (χ0) is 34.2. The lowest BCUT2D eigenvalue weighted by Gasteiger charge is -2.31. The molecule has 47 heavy (non-hydrogen) atoms. The molecule has 0 aromatic rings. The van der Waals surface area contributed by atoms with Gasteiger partial charge in [-0.1, -0.05) is 161 Å². The molecule has 280 valence electrons. The fourth-order valence-corrected chi connectivity index (χ4v) is 7.74. The molecule has 3 N–H and O–H groups in total. The van der Waals surface area contributed by atoms with Crippen molar-refractivity contribution in [1.29, 1.82) is 0 Å². The molecule has 1 saturated carbocycles. The SMILES string of the molecule is CCOC(=O)CCCCCCCCCCCCCCCCCCC(O)CCCCC1CCC(C(O)CCCCCCCC(C)O)CC1. The van der Waals surface area contributed by atoms with Gasteiger partial charge in [0.1, 0.15) is 0 Å². The third kappa shape index (κ3) is 28.9. The minimum Gasteiger partial charge on any atom is -0.466 e. The van der Waals surface area contributed by atoms with Crippen molar-refractivity contribution in [2.75, 3.05) is 6.61 Å². The number of aliphatic hydroxyl groups is 3. The van der Waals surface area contributed by atoms with Gasteiger partial charge < -0.3 is 20.1 Å². The van der Waals surface area contributed by atoms with Crippen LogP contribution in [0.3, 0.4) is 0 Å². The quantitative estimate of drug-likeness (QED) is 0.0470. The highest BCUT2D eigenvalue weighted by atomic mass is 16.5. The predicted molar refractivity (Wildman–Crippen MR) is 200 cm³/mol. The summed E-state index contributed by atoms with van der Waals surface area (Å²) in [5, 5.41) is 30.5. The molecule has 5 heteroatoms. The molecule has 1 aliphatic rings. The van der Waals surface area contributed by atoms with E-state index in [0.717, 1.165) is 57.3 Å². The zero-order valence-electron chi connectivity index (χ0n) is 31.6. The van der Waals surface area contributed by atoms with E-state index in [4.69, 9.17) is 4.74 Å². The molecule has 0 bridgehead atoms. The number of aliphatic hydroxyl groups excluding tert-OH is 3. The second-order valence-electron chi connectivity index (χ2n) is 15.5. The minimum atomic E-state index is -0.166. The molecule has 1 fully saturated rings. The molecule has 0 radical (unpaired) electrons. The van der Waals surface area contributed by atoms with Crippen molar-refractivity contribution < 1.29 is 24.9 Å². The maximum atomic E-state index is 11.3. The maximum Gasteiger partial charge on any atom is 0.305 e. The monoisotopic (exact) mass is 667 g/mol. The van der Waals surface area contributed by atoms with Crippen LogP contribution in [-0.2, 0) is 9.53 Å². The molecule has 1 aliphatic carbocycles. The first-order valence-corrected chi connectivity index (χ1v) is 21.1. The number of unbranched alkanes of at least 4 members (excludes halogenated alkanes) is 20. The van der Waals surface area contributed by atoms with Crippen LogP contribution in [0.4, 0.5) is 0 Å². The fourth-order valence-electron chi connectivity index (χ4n) is 7.74. The number of rotatable bonds is 34. The Kier molecular flexibility index (Phi) is 30.7. The number of ether oxygens (including phenoxy) is 1. The Morgan fingerprint density at radius 1 is 0.553 bits per heavy atom. The Morgan fingerprint density at radius 3 is 1.43 bits per heavy atom. The first-order chi connectivity index (χ1) is 22.9. The molecule has 0 heterocycles. The molecular weight excluding hydrogens is 584 g/mol. The normalized spacial score (nSPS) is 18.7. The predicted octanol–water partition coefficient (Wildman–Crippen LogP) is 11.8. The third-order valence-corrected chi connectivity index (χ3v) is 10.9. The van der Waals surface area contributed by atoms with Crippen molar-refractivity contribution in [1.82, 2.24) is 0 Å². The molecule has 3 unspecified atom stereocenters. The van der Waals surface area contributed by atoms with Gasteiger partial charge in [0.2, 0.25) is 0 Å². The van der Waals surface area contributed by atoms with E-state index in [0.29, 0.717) is 18.9 Å². The van der Waals surface area contributed by atoms with E-state index < -0.39 is 0 Å². The Hall–Kier alpha value is -0.650. The summed E-state index contributed by atoms with van der Waals surface area (Å²) in [6.45, 7) is 4.23. The number of esters is 1. The Balaban J connectivity index is 1.80. The molecule has 0 spiro atoms. The van der Waals surface area contributed by atoms with Gasteiger partial charge in [0.25, 0.3) is 0 Å². The Bertz CT molecular complexity index is 659. The number of carbonyl (C=O) groups excluding carboxylic acids is 1. The van der Waals surface area contributed by atoms with Crippen molar-refractivity contribution in [2.45, 2.75) is 244 Å². The Labute approximate surface area is 292 Å². The highest BCUT2D eigenvalue weighted by Crippen LogP contribution is 2.35. The minimum absolute atomic E-state index is 0.0405. The summed E-state index contributed by atoms with van der Waals surface area (Å²) in [6, 6.07) is 0. The van der Waals surface area contributed by atoms with Crippen molar-refractivity contribution in [3.8, 4) is 0 Å². The summed E-state index contributed by atoms with van der Waals surface area (Å²) < 4.78 is 4.97. The summed E-state index contributed by atoms with van der Waals surface area (Å²) in [6.07, 6.45) is 39.5. The number of hydrogen-bond acceptors (Lipinski definition) is 5. The van der Waals surface area contributed by atoms with E-state index >= 15 is 0 Å². The van der Waals surface area contributed by atoms with Crippen LogP contribution in [0, 0.1) is 11.8 Å². The van der Waals surface area contributed by atoms with Crippen molar-refractivity contribution in [3.05, 3.63) is 0 Å².